The predicted molar refractivity (Wildman–Crippen MR) is 279 cm³/mol. The van der Waals surface area contributed by atoms with E-state index in [1.165, 1.54) is 25.0 Å². The van der Waals surface area contributed by atoms with Crippen LogP contribution in [-0.2, 0) is 70.8 Å². The molecule has 0 aliphatic carbocycles. The maximum atomic E-state index is 13.4. The zero-order chi connectivity index (χ0) is 56.4. The molecule has 2 aromatic heterocycles. The molecular weight excluding hydrogens is 1010 g/mol. The van der Waals surface area contributed by atoms with E-state index in [0.29, 0.717) is 17.7 Å². The SMILES string of the molecule is [B]C(=O)N[C@@H](Cc1cn(C(=O)OCc2ccccc2)cn1)C(=O)NC(CCC)C(O)C(=O)NCC(=O)N[C@H](C(=O)OCc1ccccc1)c1ccccc1.[B]C(=O)N[C@@H](Cc1cn(C(=O)OCc2ccccc2)cn1)C(=O)O. The van der Waals surface area contributed by atoms with Crippen LogP contribution in [0.15, 0.2) is 146 Å². The van der Waals surface area contributed by atoms with Crippen molar-refractivity contribution >= 4 is 69.2 Å². The number of aliphatic carboxylic acids is 1. The summed E-state index contributed by atoms with van der Waals surface area (Å²) in [5.74, 6) is -6.46. The monoisotopic (exact) mass is 1060 g/mol. The molecule has 0 bridgehead atoms. The van der Waals surface area contributed by atoms with Gasteiger partial charge in [-0.15, -0.1) is 0 Å². The van der Waals surface area contributed by atoms with Crippen LogP contribution in [-0.4, -0.2) is 129 Å². The Bertz CT molecular complexity index is 2950. The van der Waals surface area contributed by atoms with Crippen LogP contribution in [0.1, 0.15) is 59.4 Å². The molecule has 4 radical (unpaired) electrons. The van der Waals surface area contributed by atoms with Gasteiger partial charge in [0, 0.05) is 25.2 Å². The van der Waals surface area contributed by atoms with Crippen LogP contribution < -0.4 is 26.6 Å². The third-order valence-electron chi connectivity index (χ3n) is 11.1. The van der Waals surface area contributed by atoms with Crippen LogP contribution in [0.4, 0.5) is 19.2 Å². The minimum atomic E-state index is -1.81. The predicted octanol–water partition coefficient (Wildman–Crippen LogP) is 3.16. The molecule has 5 atom stereocenters. The summed E-state index contributed by atoms with van der Waals surface area (Å²) in [5, 5.41) is 31.8. The van der Waals surface area contributed by atoms with Crippen molar-refractivity contribution in [2.45, 2.75) is 82.7 Å². The van der Waals surface area contributed by atoms with E-state index in [0.717, 1.165) is 25.8 Å². The Morgan fingerprint density at radius 2 is 1.01 bits per heavy atom. The van der Waals surface area contributed by atoms with Crippen LogP contribution in [0.25, 0.3) is 0 Å². The number of carboxylic acids is 1. The fourth-order valence-corrected chi connectivity index (χ4v) is 7.20. The number of rotatable bonds is 24. The van der Waals surface area contributed by atoms with Crippen molar-refractivity contribution in [3.05, 3.63) is 180 Å². The number of carbonyl (C=O) groups excluding carboxylic acids is 8. The van der Waals surface area contributed by atoms with E-state index in [-0.39, 0.29) is 44.8 Å². The van der Waals surface area contributed by atoms with Crippen LogP contribution in [0.2, 0.25) is 0 Å². The molecule has 7 N–H and O–H groups in total. The lowest BCUT2D eigenvalue weighted by Gasteiger charge is -2.26. The molecule has 78 heavy (non-hydrogen) atoms. The van der Waals surface area contributed by atoms with Crippen molar-refractivity contribution < 1.29 is 67.6 Å². The lowest BCUT2D eigenvalue weighted by atomic mass is 10.0. The summed E-state index contributed by atoms with van der Waals surface area (Å²) in [5.41, 5.74) is 3.35. The first-order valence-electron chi connectivity index (χ1n) is 24.1. The number of hydrogen-bond donors (Lipinski definition) is 7. The Morgan fingerprint density at radius 3 is 1.46 bits per heavy atom. The topological polar surface area (TPSA) is 318 Å². The summed E-state index contributed by atoms with van der Waals surface area (Å²) >= 11 is 0. The fourth-order valence-electron chi connectivity index (χ4n) is 7.20. The van der Waals surface area contributed by atoms with Gasteiger partial charge in [0.15, 0.2) is 23.8 Å². The number of carbonyl (C=O) groups is 9. The molecule has 0 spiro atoms. The van der Waals surface area contributed by atoms with Gasteiger partial charge in [-0.3, -0.25) is 24.0 Å². The molecular formula is C53H55B2N9O14. The quantitative estimate of drug-likeness (QED) is 0.0260. The van der Waals surface area contributed by atoms with E-state index in [9.17, 15) is 48.3 Å². The number of aliphatic hydroxyl groups is 1. The number of imidazole rings is 2. The molecule has 2 heterocycles. The van der Waals surface area contributed by atoms with E-state index < -0.39 is 90.3 Å². The Balaban J connectivity index is 0.000000388. The lowest BCUT2D eigenvalue weighted by molar-refractivity contribution is -0.149. The van der Waals surface area contributed by atoms with Gasteiger partial charge in [0.1, 0.15) is 44.6 Å². The summed E-state index contributed by atoms with van der Waals surface area (Å²) < 4.78 is 18.0. The number of nitrogens with one attached hydrogen (secondary N) is 5. The maximum Gasteiger partial charge on any atom is 0.419 e. The molecule has 4 aromatic carbocycles. The third-order valence-corrected chi connectivity index (χ3v) is 11.1. The van der Waals surface area contributed by atoms with E-state index in [4.69, 9.17) is 35.0 Å². The molecule has 25 heteroatoms. The van der Waals surface area contributed by atoms with Gasteiger partial charge in [-0.2, -0.15) is 0 Å². The first-order valence-corrected chi connectivity index (χ1v) is 24.1. The van der Waals surface area contributed by atoms with Crippen LogP contribution >= 0.6 is 0 Å². The first kappa shape index (κ1) is 59.5. The van der Waals surface area contributed by atoms with Crippen molar-refractivity contribution in [1.82, 2.24) is 45.7 Å². The second kappa shape index (κ2) is 30.9. The van der Waals surface area contributed by atoms with Crippen molar-refractivity contribution in [3.8, 4) is 0 Å². The number of aromatic nitrogens is 4. The molecule has 6 aromatic rings. The molecule has 402 valence electrons. The number of nitrogens with zero attached hydrogens (tertiary/aromatic N) is 4. The molecule has 0 aliphatic heterocycles. The van der Waals surface area contributed by atoms with Crippen LogP contribution in [0.5, 0.6) is 0 Å². The number of ether oxygens (including phenoxy) is 3. The smallest absolute Gasteiger partial charge is 0.419 e. The van der Waals surface area contributed by atoms with Gasteiger partial charge >= 0.3 is 24.1 Å². The Kier molecular flexibility index (Phi) is 23.5. The number of esters is 1. The highest BCUT2D eigenvalue weighted by molar-refractivity contribution is 6.57. The van der Waals surface area contributed by atoms with Crippen molar-refractivity contribution in [3.63, 3.8) is 0 Å². The van der Waals surface area contributed by atoms with Gasteiger partial charge in [0.05, 0.1) is 24.0 Å². The Hall–Kier alpha value is -9.38. The van der Waals surface area contributed by atoms with Crippen LogP contribution in [0.3, 0.4) is 0 Å². The second-order valence-electron chi connectivity index (χ2n) is 17.1. The molecule has 6 rings (SSSR count). The minimum Gasteiger partial charge on any atom is -0.480 e. The van der Waals surface area contributed by atoms with Gasteiger partial charge in [0.2, 0.25) is 27.5 Å². The van der Waals surface area contributed by atoms with Crippen LogP contribution in [0, 0.1) is 0 Å². The number of carboxylic acid groups (broad SMARTS) is 1. The van der Waals surface area contributed by atoms with Crippen molar-refractivity contribution in [2.75, 3.05) is 6.54 Å². The summed E-state index contributed by atoms with van der Waals surface area (Å²) in [7, 11) is 10.2. The van der Waals surface area contributed by atoms with E-state index in [1.54, 1.807) is 73.7 Å². The van der Waals surface area contributed by atoms with E-state index in [2.05, 4.69) is 36.6 Å². The molecule has 0 aliphatic rings. The van der Waals surface area contributed by atoms with Crippen molar-refractivity contribution in [2.24, 2.45) is 0 Å². The Morgan fingerprint density at radius 1 is 0.577 bits per heavy atom. The minimum absolute atomic E-state index is 0.0186. The third kappa shape index (κ3) is 20.0. The standard InChI is InChI=1S/C38H41BN6O9.C15H14BN3O5/c1-2-12-29(42-34(48)30(43-37(39)51)19-28-21-45(24-41-28)38(52)54-23-26-15-8-4-9-16-26)33(47)35(49)40-20-31(46)44-32(27-17-10-5-11-18-27)36(50)53-22-25-13-6-3-7-14-25;16-14(22)18-12(13(20)21)6-11-7-19(9-17-11)15(23)24-8-10-4-2-1-3-5-10/h3-11,13-18,21,24,29-30,32-33,47H,2,12,19-20,22-23H2,1H3,(H,40,49)(H,42,48)(H,43,51)(H,44,46);1-5,7,9,12H,6,8H2,(H,18,22)(H,20,21)/t29?,30-,32-,33?;12-/m00/s1. The maximum absolute atomic E-state index is 13.4. The number of hydrogen-bond acceptors (Lipinski definition) is 15. The molecule has 0 saturated heterocycles. The average molecular weight is 1060 g/mol. The molecule has 0 fully saturated rings. The van der Waals surface area contributed by atoms with E-state index in [1.807, 2.05) is 54.6 Å². The van der Waals surface area contributed by atoms with Crippen molar-refractivity contribution in [1.29, 1.82) is 0 Å². The Labute approximate surface area is 450 Å². The zero-order valence-electron chi connectivity index (χ0n) is 42.1. The normalized spacial score (nSPS) is 12.5. The largest absolute Gasteiger partial charge is 0.480 e. The van der Waals surface area contributed by atoms with Gasteiger partial charge < -0.3 is 51.0 Å². The molecule has 5 amide bonds. The highest BCUT2D eigenvalue weighted by Gasteiger charge is 2.32. The van der Waals surface area contributed by atoms with Gasteiger partial charge in [-0.05, 0) is 28.7 Å². The number of benzene rings is 4. The lowest BCUT2D eigenvalue weighted by Crippen LogP contribution is -2.56. The fraction of sp³-hybridized carbons (Fsp3) is 0.264. The number of aliphatic hydroxyl groups excluding tert-OH is 1. The summed E-state index contributed by atoms with van der Waals surface area (Å²) in [6, 6.07) is 30.8. The zero-order valence-corrected chi connectivity index (χ0v) is 42.1. The molecule has 0 saturated carbocycles. The van der Waals surface area contributed by atoms with E-state index >= 15 is 0 Å². The highest BCUT2D eigenvalue weighted by Crippen LogP contribution is 2.16. The first-order chi connectivity index (χ1) is 37.5. The summed E-state index contributed by atoms with van der Waals surface area (Å²) in [6.45, 7) is 1.27. The van der Waals surface area contributed by atoms with Gasteiger partial charge in [-0.1, -0.05) is 135 Å². The average Bonchev–Trinajstić information content (AvgIpc) is 4.13. The number of amides is 5. The summed E-state index contributed by atoms with van der Waals surface area (Å²) in [4.78, 5) is 118. The molecule has 23 nitrogen and oxygen atoms in total. The molecule has 2 unspecified atom stereocenters. The summed E-state index contributed by atoms with van der Waals surface area (Å²) in [6.07, 6.45) is 2.17. The highest BCUT2D eigenvalue weighted by atomic mass is 16.6. The van der Waals surface area contributed by atoms with Gasteiger partial charge in [-0.25, -0.2) is 38.3 Å². The second-order valence-corrected chi connectivity index (χ2v) is 17.1. The van der Waals surface area contributed by atoms with Gasteiger partial charge in [0.25, 0.3) is 5.91 Å².